The predicted octanol–water partition coefficient (Wildman–Crippen LogP) is 2.63. The molecule has 0 atom stereocenters. The first-order valence-corrected chi connectivity index (χ1v) is 9.85. The highest BCUT2D eigenvalue weighted by molar-refractivity contribution is 14.0. The number of hydrogen-bond acceptors (Lipinski definition) is 4. The number of benzene rings is 1. The van der Waals surface area contributed by atoms with Gasteiger partial charge in [-0.3, -0.25) is 4.98 Å². The van der Waals surface area contributed by atoms with Gasteiger partial charge in [0.1, 0.15) is 5.82 Å². The van der Waals surface area contributed by atoms with Gasteiger partial charge in [-0.1, -0.05) is 19.1 Å². The van der Waals surface area contributed by atoms with Gasteiger partial charge in [0.05, 0.1) is 12.2 Å². The minimum Gasteiger partial charge on any atom is -0.370 e. The van der Waals surface area contributed by atoms with Crippen molar-refractivity contribution in [2.75, 3.05) is 44.2 Å². The Balaban J connectivity index is 0.00000300. The number of aliphatic imine (C=N–C) groups is 1. The number of piperazine rings is 1. The summed E-state index contributed by atoms with van der Waals surface area (Å²) in [5.74, 6) is 0.162. The Bertz CT molecular complexity index is 778. The van der Waals surface area contributed by atoms with Crippen LogP contribution < -0.4 is 16.0 Å². The summed E-state index contributed by atoms with van der Waals surface area (Å²) in [5.41, 5.74) is 8.39. The number of nitrogens with two attached hydrogens (primary N) is 1. The third-order valence-electron chi connectivity index (χ3n) is 5.02. The van der Waals surface area contributed by atoms with E-state index >= 15 is 0 Å². The summed E-state index contributed by atoms with van der Waals surface area (Å²) in [5, 5.41) is 3.07. The van der Waals surface area contributed by atoms with E-state index in [1.165, 1.54) is 0 Å². The molecule has 0 unspecified atom stereocenters. The topological polar surface area (TPSA) is 69.8 Å². The Kier molecular flexibility index (Phi) is 9.59. The Morgan fingerprint density at radius 2 is 2.00 bits per heavy atom. The normalized spacial score (nSPS) is 15.1. The predicted molar refractivity (Wildman–Crippen MR) is 127 cm³/mol. The number of aromatic nitrogens is 1. The van der Waals surface area contributed by atoms with E-state index in [4.69, 9.17) is 5.73 Å². The van der Waals surface area contributed by atoms with Crippen LogP contribution in [0.1, 0.15) is 18.2 Å². The number of pyridine rings is 1. The summed E-state index contributed by atoms with van der Waals surface area (Å²) in [6.45, 7) is 7.87. The van der Waals surface area contributed by atoms with Gasteiger partial charge in [0.2, 0.25) is 0 Å². The number of hydrogen-bond donors (Lipinski definition) is 2. The molecule has 2 heterocycles. The van der Waals surface area contributed by atoms with Gasteiger partial charge < -0.3 is 20.9 Å². The number of nitrogens with zero attached hydrogens (tertiary/aromatic N) is 4. The number of halogens is 2. The van der Waals surface area contributed by atoms with Gasteiger partial charge in [0, 0.05) is 51.0 Å². The van der Waals surface area contributed by atoms with Crippen LogP contribution in [-0.2, 0) is 13.0 Å². The van der Waals surface area contributed by atoms with Gasteiger partial charge in [0.15, 0.2) is 5.96 Å². The Labute approximate surface area is 189 Å². The molecule has 1 aromatic heterocycles. The molecule has 29 heavy (non-hydrogen) atoms. The van der Waals surface area contributed by atoms with Crippen LogP contribution in [0.15, 0.2) is 47.6 Å². The van der Waals surface area contributed by atoms with Crippen molar-refractivity contribution in [1.29, 1.82) is 0 Å². The maximum Gasteiger partial charge on any atom is 0.188 e. The molecule has 3 N–H and O–H groups in total. The Morgan fingerprint density at radius 1 is 1.21 bits per heavy atom. The quantitative estimate of drug-likeness (QED) is 0.339. The highest BCUT2D eigenvalue weighted by atomic mass is 127. The molecule has 0 radical (unpaired) electrons. The van der Waals surface area contributed by atoms with Crippen LogP contribution >= 0.6 is 24.0 Å². The fourth-order valence-corrected chi connectivity index (χ4v) is 3.31. The summed E-state index contributed by atoms with van der Waals surface area (Å²) in [7, 11) is 0. The van der Waals surface area contributed by atoms with Crippen molar-refractivity contribution < 1.29 is 4.39 Å². The van der Waals surface area contributed by atoms with Crippen LogP contribution in [0.2, 0.25) is 0 Å². The largest absolute Gasteiger partial charge is 0.370 e. The summed E-state index contributed by atoms with van der Waals surface area (Å²) >= 11 is 0. The van der Waals surface area contributed by atoms with E-state index in [0.29, 0.717) is 24.7 Å². The molecule has 158 valence electrons. The van der Waals surface area contributed by atoms with E-state index in [0.717, 1.165) is 50.4 Å². The highest BCUT2D eigenvalue weighted by Gasteiger charge is 2.18. The zero-order valence-electron chi connectivity index (χ0n) is 16.9. The standard InChI is InChI=1S/C21H29FN6.HI/c1-2-27-11-13-28(14-12-27)20-7-6-17(15-19(20)22)16-26-21(23)25-10-8-18-5-3-4-9-24-18;/h3-7,9,15H,2,8,10-14,16H2,1H3,(H3,23,25,26);1H. The van der Waals surface area contributed by atoms with Gasteiger partial charge in [-0.15, -0.1) is 24.0 Å². The van der Waals surface area contributed by atoms with Gasteiger partial charge in [-0.25, -0.2) is 9.38 Å². The minimum absolute atomic E-state index is 0. The van der Waals surface area contributed by atoms with Crippen molar-refractivity contribution in [1.82, 2.24) is 15.2 Å². The SMILES string of the molecule is CCN1CCN(c2ccc(CN=C(N)NCCc3ccccn3)cc2F)CC1.I. The third kappa shape index (κ3) is 7.11. The van der Waals surface area contributed by atoms with E-state index in [2.05, 4.69) is 32.0 Å². The van der Waals surface area contributed by atoms with Crippen LogP contribution in [0.3, 0.4) is 0 Å². The Hall–Kier alpha value is -1.94. The zero-order chi connectivity index (χ0) is 19.8. The van der Waals surface area contributed by atoms with Crippen LogP contribution in [-0.4, -0.2) is 55.1 Å². The van der Waals surface area contributed by atoms with Crippen molar-refractivity contribution in [3.63, 3.8) is 0 Å². The van der Waals surface area contributed by atoms with E-state index in [-0.39, 0.29) is 29.8 Å². The van der Waals surface area contributed by atoms with Crippen molar-refractivity contribution in [3.05, 3.63) is 59.7 Å². The van der Waals surface area contributed by atoms with Crippen LogP contribution in [0.5, 0.6) is 0 Å². The smallest absolute Gasteiger partial charge is 0.188 e. The van der Waals surface area contributed by atoms with Crippen molar-refractivity contribution in [2.45, 2.75) is 19.9 Å². The lowest BCUT2D eigenvalue weighted by molar-refractivity contribution is 0.270. The molecule has 0 aliphatic carbocycles. The molecule has 1 fully saturated rings. The van der Waals surface area contributed by atoms with Crippen LogP contribution in [0, 0.1) is 5.82 Å². The first kappa shape index (κ1) is 23.3. The fourth-order valence-electron chi connectivity index (χ4n) is 3.31. The molecule has 0 spiro atoms. The van der Waals surface area contributed by atoms with Gasteiger partial charge in [-0.2, -0.15) is 0 Å². The monoisotopic (exact) mass is 512 g/mol. The summed E-state index contributed by atoms with van der Waals surface area (Å²) < 4.78 is 14.6. The maximum atomic E-state index is 14.6. The second kappa shape index (κ2) is 11.9. The number of anilines is 1. The summed E-state index contributed by atoms with van der Waals surface area (Å²) in [6.07, 6.45) is 2.54. The molecule has 2 aromatic rings. The average molecular weight is 512 g/mol. The summed E-state index contributed by atoms with van der Waals surface area (Å²) in [4.78, 5) is 13.1. The van der Waals surface area contributed by atoms with Gasteiger partial charge >= 0.3 is 0 Å². The maximum absolute atomic E-state index is 14.6. The van der Waals surface area contributed by atoms with Crippen molar-refractivity contribution in [2.24, 2.45) is 10.7 Å². The molecular weight excluding hydrogens is 482 g/mol. The van der Waals surface area contributed by atoms with E-state index in [9.17, 15) is 4.39 Å². The lowest BCUT2D eigenvalue weighted by atomic mass is 10.1. The highest BCUT2D eigenvalue weighted by Crippen LogP contribution is 2.22. The lowest BCUT2D eigenvalue weighted by Crippen LogP contribution is -2.46. The Morgan fingerprint density at radius 3 is 2.66 bits per heavy atom. The molecule has 8 heteroatoms. The molecule has 0 amide bonds. The molecule has 0 bridgehead atoms. The van der Waals surface area contributed by atoms with Gasteiger partial charge in [-0.05, 0) is 36.4 Å². The average Bonchev–Trinajstić information content (AvgIpc) is 2.73. The molecular formula is C21H30FIN6. The molecule has 6 nitrogen and oxygen atoms in total. The minimum atomic E-state index is -0.195. The van der Waals surface area contributed by atoms with Crippen molar-refractivity contribution in [3.8, 4) is 0 Å². The molecule has 1 saturated heterocycles. The van der Waals surface area contributed by atoms with Gasteiger partial charge in [0.25, 0.3) is 0 Å². The van der Waals surface area contributed by atoms with E-state index in [1.807, 2.05) is 30.3 Å². The van der Waals surface area contributed by atoms with Crippen LogP contribution in [0.25, 0.3) is 0 Å². The third-order valence-corrected chi connectivity index (χ3v) is 5.02. The molecule has 1 aromatic carbocycles. The molecule has 1 aliphatic heterocycles. The number of rotatable bonds is 7. The van der Waals surface area contributed by atoms with Crippen molar-refractivity contribution >= 4 is 35.6 Å². The molecule has 0 saturated carbocycles. The van der Waals surface area contributed by atoms with Crippen LogP contribution in [0.4, 0.5) is 10.1 Å². The lowest BCUT2D eigenvalue weighted by Gasteiger charge is -2.35. The molecule has 1 aliphatic rings. The second-order valence-electron chi connectivity index (χ2n) is 6.91. The number of nitrogens with one attached hydrogen (secondary N) is 1. The number of guanidine groups is 1. The molecule has 3 rings (SSSR count). The zero-order valence-corrected chi connectivity index (χ0v) is 19.2. The fraction of sp³-hybridized carbons (Fsp3) is 0.429. The number of likely N-dealkylation sites (N-methyl/N-ethyl adjacent to an activating group) is 1. The van der Waals surface area contributed by atoms with E-state index < -0.39 is 0 Å². The first-order chi connectivity index (χ1) is 13.7. The van der Waals surface area contributed by atoms with E-state index in [1.54, 1.807) is 12.3 Å². The summed E-state index contributed by atoms with van der Waals surface area (Å²) in [6, 6.07) is 11.2. The second-order valence-corrected chi connectivity index (χ2v) is 6.91. The first-order valence-electron chi connectivity index (χ1n) is 9.85.